The maximum absolute atomic E-state index is 10.4. The summed E-state index contributed by atoms with van der Waals surface area (Å²) in [6.45, 7) is -0.0119. The summed E-state index contributed by atoms with van der Waals surface area (Å²) in [5.41, 5.74) is 3.02. The van der Waals surface area contributed by atoms with Gasteiger partial charge in [0.1, 0.15) is 18.5 Å². The fraction of sp³-hybridized carbons (Fsp3) is 0.214. The smallest absolute Gasteiger partial charge is 0.329 e. The van der Waals surface area contributed by atoms with E-state index in [1.807, 2.05) is 24.3 Å². The first-order chi connectivity index (χ1) is 9.22. The predicted octanol–water partition coefficient (Wildman–Crippen LogP) is 1.98. The number of hydrogen-bond acceptors (Lipinski definition) is 4. The van der Waals surface area contributed by atoms with Gasteiger partial charge in [-0.2, -0.15) is 0 Å². The summed E-state index contributed by atoms with van der Waals surface area (Å²) < 4.78 is 16.3. The Kier molecular flexibility index (Phi) is 2.02. The first-order valence-corrected chi connectivity index (χ1v) is 5.96. The highest BCUT2D eigenvalue weighted by molar-refractivity contribution is 5.90. The molecule has 96 valence electrons. The quantitative estimate of drug-likeness (QED) is 0.849. The number of rotatable bonds is 4. The fourth-order valence-electron chi connectivity index (χ4n) is 2.50. The monoisotopic (exact) mass is 258 g/mol. The van der Waals surface area contributed by atoms with E-state index >= 15 is 0 Å². The van der Waals surface area contributed by atoms with Crippen LogP contribution in [0.2, 0.25) is 0 Å². The molecule has 1 aliphatic carbocycles. The van der Waals surface area contributed by atoms with Crippen LogP contribution in [0.15, 0.2) is 29.9 Å². The van der Waals surface area contributed by atoms with Gasteiger partial charge in [0.2, 0.25) is 0 Å². The fourth-order valence-corrected chi connectivity index (χ4v) is 2.50. The minimum Gasteiger partial charge on any atom is -0.481 e. The number of ether oxygens (including phenoxy) is 3. The molecule has 0 saturated heterocycles. The maximum Gasteiger partial charge on any atom is 0.329 e. The molecule has 1 atom stereocenters. The van der Waals surface area contributed by atoms with E-state index in [1.165, 1.54) is 0 Å². The maximum atomic E-state index is 10.4. The van der Waals surface area contributed by atoms with Gasteiger partial charge in [0.15, 0.2) is 11.5 Å². The van der Waals surface area contributed by atoms with Crippen LogP contribution >= 0.6 is 0 Å². The average molecular weight is 258 g/mol. The molecule has 19 heavy (non-hydrogen) atoms. The standard InChI is InChI=1S/C14H10O5/c15-12(16)6-17-5-7-3-8-11(4-7)18-9-1-2-10-14(19-10)13(8)9/h1-4,11H,5-6H2,(H,15,16). The molecule has 1 aromatic carbocycles. The Morgan fingerprint density at radius 2 is 2.21 bits per heavy atom. The minimum atomic E-state index is -0.966. The highest BCUT2D eigenvalue weighted by atomic mass is 16.6. The molecule has 0 aromatic heterocycles. The molecule has 3 aliphatic rings. The number of hydrogen-bond donors (Lipinski definition) is 1. The minimum absolute atomic E-state index is 0.103. The summed E-state index contributed by atoms with van der Waals surface area (Å²) in [6, 6.07) is 3.81. The zero-order chi connectivity index (χ0) is 13.0. The molecule has 2 heterocycles. The Balaban J connectivity index is 1.55. The van der Waals surface area contributed by atoms with Crippen molar-refractivity contribution in [1.29, 1.82) is 0 Å². The molecular formula is C14H10O5. The van der Waals surface area contributed by atoms with E-state index in [4.69, 9.17) is 19.3 Å². The molecule has 1 aromatic rings. The zero-order valence-corrected chi connectivity index (χ0v) is 9.88. The Morgan fingerprint density at radius 3 is 3.05 bits per heavy atom. The Labute approximate surface area is 108 Å². The third kappa shape index (κ3) is 1.62. The van der Waals surface area contributed by atoms with Gasteiger partial charge in [-0.3, -0.25) is 0 Å². The van der Waals surface area contributed by atoms with Crippen molar-refractivity contribution in [3.05, 3.63) is 35.4 Å². The summed E-state index contributed by atoms with van der Waals surface area (Å²) >= 11 is 0. The largest absolute Gasteiger partial charge is 0.481 e. The molecule has 0 spiro atoms. The van der Waals surface area contributed by atoms with E-state index in [2.05, 4.69) is 0 Å². The van der Waals surface area contributed by atoms with Gasteiger partial charge < -0.3 is 19.3 Å². The van der Waals surface area contributed by atoms with Gasteiger partial charge in [-0.05, 0) is 29.9 Å². The lowest BCUT2D eigenvalue weighted by Crippen LogP contribution is -2.09. The molecular weight excluding hydrogens is 248 g/mol. The lowest BCUT2D eigenvalue weighted by Gasteiger charge is -2.03. The number of aliphatic carboxylic acids is 1. The van der Waals surface area contributed by atoms with Gasteiger partial charge in [0, 0.05) is 5.57 Å². The predicted molar refractivity (Wildman–Crippen MR) is 65.4 cm³/mol. The van der Waals surface area contributed by atoms with Crippen LogP contribution in [-0.2, 0) is 9.53 Å². The van der Waals surface area contributed by atoms with E-state index < -0.39 is 5.97 Å². The molecule has 0 bridgehead atoms. The average Bonchev–Trinajstić information content (AvgIpc) is 2.92. The number of carbonyl (C=O) groups is 1. The van der Waals surface area contributed by atoms with Crippen molar-refractivity contribution in [2.24, 2.45) is 0 Å². The Hall–Kier alpha value is -2.27. The first kappa shape index (κ1) is 10.6. The van der Waals surface area contributed by atoms with Gasteiger partial charge >= 0.3 is 5.97 Å². The van der Waals surface area contributed by atoms with Crippen molar-refractivity contribution in [2.45, 2.75) is 6.10 Å². The lowest BCUT2D eigenvalue weighted by atomic mass is 10.1. The molecule has 4 rings (SSSR count). The number of carboxylic acid groups (broad SMARTS) is 1. The molecule has 2 aliphatic heterocycles. The van der Waals surface area contributed by atoms with Gasteiger partial charge in [-0.25, -0.2) is 4.79 Å². The molecule has 1 unspecified atom stereocenters. The van der Waals surface area contributed by atoms with Gasteiger partial charge in [-0.15, -0.1) is 0 Å². The summed E-state index contributed by atoms with van der Waals surface area (Å²) in [5, 5.41) is 8.52. The van der Waals surface area contributed by atoms with Crippen molar-refractivity contribution in [3.8, 4) is 17.2 Å². The van der Waals surface area contributed by atoms with Crippen LogP contribution in [0.4, 0.5) is 0 Å². The van der Waals surface area contributed by atoms with E-state index in [9.17, 15) is 4.79 Å². The zero-order valence-electron chi connectivity index (χ0n) is 9.88. The number of carboxylic acids is 1. The summed E-state index contributed by atoms with van der Waals surface area (Å²) in [6.07, 6.45) is 3.83. The third-order valence-electron chi connectivity index (χ3n) is 3.30. The number of fused-ring (bicyclic) bond motifs is 5. The molecule has 0 fully saturated rings. The lowest BCUT2D eigenvalue weighted by molar-refractivity contribution is -0.141. The molecule has 1 N–H and O–H groups in total. The molecule has 0 radical (unpaired) electrons. The topological polar surface area (TPSA) is 68.3 Å². The molecule has 0 saturated carbocycles. The van der Waals surface area contributed by atoms with Crippen molar-refractivity contribution in [2.75, 3.05) is 13.2 Å². The van der Waals surface area contributed by atoms with Crippen LogP contribution in [-0.4, -0.2) is 30.4 Å². The highest BCUT2D eigenvalue weighted by Gasteiger charge is 2.39. The van der Waals surface area contributed by atoms with E-state index in [-0.39, 0.29) is 19.3 Å². The normalized spacial score (nSPS) is 20.5. The second-order valence-electron chi connectivity index (χ2n) is 4.63. The summed E-state index contributed by atoms with van der Waals surface area (Å²) in [5.74, 6) is 1.67. The van der Waals surface area contributed by atoms with Crippen LogP contribution in [0.5, 0.6) is 17.2 Å². The highest BCUT2D eigenvalue weighted by Crippen LogP contribution is 2.58. The van der Waals surface area contributed by atoms with Crippen LogP contribution in [0, 0.1) is 0 Å². The van der Waals surface area contributed by atoms with Gasteiger partial charge in [0.25, 0.3) is 0 Å². The Bertz CT molecular complexity index is 656. The van der Waals surface area contributed by atoms with E-state index in [0.29, 0.717) is 0 Å². The molecule has 0 amide bonds. The SMILES string of the molecule is O=C(O)COCC1=CC2Oc3ccc4c(c3C2=C1)O4. The third-order valence-corrected chi connectivity index (χ3v) is 3.30. The molecule has 5 heteroatoms. The summed E-state index contributed by atoms with van der Waals surface area (Å²) in [4.78, 5) is 10.4. The van der Waals surface area contributed by atoms with Gasteiger partial charge in [-0.1, -0.05) is 0 Å². The Morgan fingerprint density at radius 1 is 1.37 bits per heavy atom. The van der Waals surface area contributed by atoms with Crippen molar-refractivity contribution < 1.29 is 24.1 Å². The van der Waals surface area contributed by atoms with Crippen LogP contribution in [0.1, 0.15) is 5.56 Å². The van der Waals surface area contributed by atoms with Crippen LogP contribution in [0.25, 0.3) is 5.57 Å². The van der Waals surface area contributed by atoms with E-state index in [0.717, 1.165) is 34.0 Å². The van der Waals surface area contributed by atoms with Gasteiger partial charge in [0.05, 0.1) is 12.2 Å². The number of benzene rings is 1. The first-order valence-electron chi connectivity index (χ1n) is 5.96. The van der Waals surface area contributed by atoms with Crippen molar-refractivity contribution >= 4 is 11.5 Å². The van der Waals surface area contributed by atoms with Crippen molar-refractivity contribution in [1.82, 2.24) is 0 Å². The molecule has 5 nitrogen and oxygen atoms in total. The second kappa shape index (κ2) is 3.61. The van der Waals surface area contributed by atoms with E-state index in [1.54, 1.807) is 0 Å². The van der Waals surface area contributed by atoms with Crippen LogP contribution in [0.3, 0.4) is 0 Å². The van der Waals surface area contributed by atoms with Crippen LogP contribution < -0.4 is 9.47 Å². The summed E-state index contributed by atoms with van der Waals surface area (Å²) in [7, 11) is 0. The van der Waals surface area contributed by atoms with Crippen molar-refractivity contribution in [3.63, 3.8) is 0 Å². The second-order valence-corrected chi connectivity index (χ2v) is 4.63.